The molecule has 0 aliphatic carbocycles. The fraction of sp³-hybridized carbons (Fsp3) is 0.269. The lowest BCUT2D eigenvalue weighted by molar-refractivity contribution is -0.394. The number of fused-ring (bicyclic) bond motifs is 1. The number of hydrogen-bond donors (Lipinski definition) is 0. The van der Waals surface area contributed by atoms with Crippen molar-refractivity contribution >= 4 is 23.0 Å². The molecule has 4 rings (SSSR count). The third-order valence-corrected chi connectivity index (χ3v) is 6.59. The molecular weight excluding hydrogens is 434 g/mol. The van der Waals surface area contributed by atoms with Crippen LogP contribution in [0.1, 0.15) is 54.2 Å². The maximum atomic E-state index is 13.8. The Morgan fingerprint density at radius 1 is 0.882 bits per heavy atom. The number of nitro groups is 2. The monoisotopic (exact) mass is 459 g/mol. The highest BCUT2D eigenvalue weighted by Gasteiger charge is 2.48. The molecule has 0 spiro atoms. The summed E-state index contributed by atoms with van der Waals surface area (Å²) in [5.41, 5.74) is 1.74. The van der Waals surface area contributed by atoms with Gasteiger partial charge in [-0.15, -0.1) is 0 Å². The number of carbonyl (C=O) groups is 1. The molecule has 1 aliphatic heterocycles. The summed E-state index contributed by atoms with van der Waals surface area (Å²) in [4.78, 5) is 36.7. The van der Waals surface area contributed by atoms with Crippen LogP contribution in [-0.4, -0.2) is 21.3 Å². The first-order valence-electron chi connectivity index (χ1n) is 10.9. The average Bonchev–Trinajstić information content (AvgIpc) is 2.78. The molecule has 0 saturated carbocycles. The molecule has 34 heavy (non-hydrogen) atoms. The van der Waals surface area contributed by atoms with Crippen LogP contribution in [0.2, 0.25) is 0 Å². The number of benzene rings is 3. The van der Waals surface area contributed by atoms with Gasteiger partial charge in [0.05, 0.1) is 21.5 Å². The van der Waals surface area contributed by atoms with Crippen molar-refractivity contribution in [2.24, 2.45) is 0 Å². The maximum Gasteiger partial charge on any atom is 0.277 e. The lowest BCUT2D eigenvalue weighted by atomic mass is 9.65. The van der Waals surface area contributed by atoms with E-state index in [9.17, 15) is 25.0 Å². The van der Waals surface area contributed by atoms with Crippen molar-refractivity contribution < 1.29 is 14.6 Å². The van der Waals surface area contributed by atoms with Gasteiger partial charge < -0.3 is 4.90 Å². The van der Waals surface area contributed by atoms with E-state index in [1.54, 1.807) is 4.90 Å². The van der Waals surface area contributed by atoms with Crippen molar-refractivity contribution in [2.45, 2.75) is 45.1 Å². The summed E-state index contributed by atoms with van der Waals surface area (Å²) in [7, 11) is 0. The number of non-ortho nitro benzene ring substituents is 2. The molecule has 8 heteroatoms. The molecule has 174 valence electrons. The Bertz CT molecular complexity index is 1280. The van der Waals surface area contributed by atoms with Gasteiger partial charge in [-0.05, 0) is 44.4 Å². The molecule has 0 radical (unpaired) electrons. The zero-order valence-corrected chi connectivity index (χ0v) is 19.4. The third kappa shape index (κ3) is 3.81. The third-order valence-electron chi connectivity index (χ3n) is 6.59. The predicted octanol–water partition coefficient (Wildman–Crippen LogP) is 5.95. The Kier molecular flexibility index (Phi) is 5.47. The van der Waals surface area contributed by atoms with Crippen LogP contribution >= 0.6 is 0 Å². The molecule has 0 N–H and O–H groups in total. The van der Waals surface area contributed by atoms with Crippen LogP contribution in [0.3, 0.4) is 0 Å². The largest absolute Gasteiger partial charge is 0.302 e. The number of rotatable bonds is 4. The lowest BCUT2D eigenvalue weighted by Gasteiger charge is -2.51. The number of nitro benzene ring substituents is 2. The van der Waals surface area contributed by atoms with Crippen LogP contribution in [0, 0.1) is 27.2 Å². The molecule has 3 aromatic rings. The minimum absolute atomic E-state index is 0.0947. The Hall–Kier alpha value is -4.07. The summed E-state index contributed by atoms with van der Waals surface area (Å²) in [5.74, 6) is -0.518. The van der Waals surface area contributed by atoms with Gasteiger partial charge in [0.2, 0.25) is 0 Å². The first-order chi connectivity index (χ1) is 15.9. The van der Waals surface area contributed by atoms with Crippen LogP contribution in [0.5, 0.6) is 0 Å². The number of amides is 1. The number of aryl methyl sites for hydroxylation is 1. The molecule has 1 heterocycles. The molecule has 1 amide bonds. The van der Waals surface area contributed by atoms with E-state index < -0.39 is 32.7 Å². The Morgan fingerprint density at radius 2 is 1.44 bits per heavy atom. The van der Waals surface area contributed by atoms with E-state index in [-0.39, 0.29) is 11.0 Å². The summed E-state index contributed by atoms with van der Waals surface area (Å²) in [5, 5.41) is 22.8. The molecule has 1 aliphatic rings. The van der Waals surface area contributed by atoms with Gasteiger partial charge >= 0.3 is 0 Å². The van der Waals surface area contributed by atoms with Crippen LogP contribution in [0.15, 0.2) is 66.7 Å². The van der Waals surface area contributed by atoms with Crippen LogP contribution in [0.25, 0.3) is 0 Å². The summed E-state index contributed by atoms with van der Waals surface area (Å²) in [6, 6.07) is 19.0. The van der Waals surface area contributed by atoms with Crippen LogP contribution in [-0.2, 0) is 5.41 Å². The molecule has 3 aromatic carbocycles. The van der Waals surface area contributed by atoms with Gasteiger partial charge in [-0.1, -0.05) is 55.0 Å². The van der Waals surface area contributed by atoms with E-state index in [0.29, 0.717) is 12.1 Å². The summed E-state index contributed by atoms with van der Waals surface area (Å²) < 4.78 is 0. The zero-order chi connectivity index (χ0) is 24.8. The van der Waals surface area contributed by atoms with E-state index in [2.05, 4.69) is 31.2 Å². The molecule has 0 unspecified atom stereocenters. The minimum Gasteiger partial charge on any atom is -0.302 e. The van der Waals surface area contributed by atoms with Gasteiger partial charge in [-0.2, -0.15) is 0 Å². The summed E-state index contributed by atoms with van der Waals surface area (Å²) in [6.45, 7) is 8.07. The average molecular weight is 460 g/mol. The second-order valence-corrected chi connectivity index (χ2v) is 9.60. The number of nitrogens with zero attached hydrogens (tertiary/aromatic N) is 3. The van der Waals surface area contributed by atoms with Crippen molar-refractivity contribution in [2.75, 3.05) is 4.90 Å². The molecule has 8 nitrogen and oxygen atoms in total. The number of anilines is 1. The zero-order valence-electron chi connectivity index (χ0n) is 19.4. The molecule has 0 bridgehead atoms. The normalized spacial score (nSPS) is 18.8. The summed E-state index contributed by atoms with van der Waals surface area (Å²) in [6.07, 6.45) is 0.586. The fourth-order valence-corrected chi connectivity index (χ4v) is 5.12. The van der Waals surface area contributed by atoms with Gasteiger partial charge in [0.25, 0.3) is 17.3 Å². The highest BCUT2D eigenvalue weighted by atomic mass is 16.6. The SMILES string of the molecule is Cc1ccc([C@]2(C)CC(C)(C)N(C(=O)c3cc([N+](=O)[O-])cc([N+](=O)[O-])c3)c3ccccc32)cc1. The van der Waals surface area contributed by atoms with E-state index in [4.69, 9.17) is 0 Å². The Balaban J connectivity index is 1.89. The number of carbonyl (C=O) groups excluding carboxylic acids is 1. The van der Waals surface area contributed by atoms with E-state index in [0.717, 1.165) is 34.9 Å². The smallest absolute Gasteiger partial charge is 0.277 e. The summed E-state index contributed by atoms with van der Waals surface area (Å²) >= 11 is 0. The minimum atomic E-state index is -0.729. The van der Waals surface area contributed by atoms with Crippen molar-refractivity contribution in [3.05, 3.63) is 109 Å². The quantitative estimate of drug-likeness (QED) is 0.354. The molecule has 0 aromatic heterocycles. The molecule has 1 atom stereocenters. The number of hydrogen-bond acceptors (Lipinski definition) is 5. The van der Waals surface area contributed by atoms with Crippen LogP contribution in [0.4, 0.5) is 17.1 Å². The van der Waals surface area contributed by atoms with Gasteiger partial charge in [0, 0.05) is 28.8 Å². The maximum absolute atomic E-state index is 13.8. The standard InChI is InChI=1S/C26H25N3O5/c1-17-9-11-19(12-10-17)26(4)16-25(2,3)27(23-8-6-5-7-22(23)26)24(30)18-13-20(28(31)32)15-21(14-18)29(33)34/h5-15H,16H2,1-4H3/t26-/m0/s1. The van der Waals surface area contributed by atoms with Crippen molar-refractivity contribution in [1.29, 1.82) is 0 Å². The van der Waals surface area contributed by atoms with Gasteiger partial charge in [0.1, 0.15) is 0 Å². The van der Waals surface area contributed by atoms with E-state index in [1.165, 1.54) is 0 Å². The molecular formula is C26H25N3O5. The highest BCUT2D eigenvalue weighted by molar-refractivity contribution is 6.08. The van der Waals surface area contributed by atoms with Gasteiger partial charge in [-0.3, -0.25) is 25.0 Å². The van der Waals surface area contributed by atoms with E-state index in [1.807, 2.05) is 45.0 Å². The first kappa shape index (κ1) is 23.1. The molecule has 0 fully saturated rings. The molecule has 0 saturated heterocycles. The number of para-hydroxylation sites is 1. The van der Waals surface area contributed by atoms with Crippen molar-refractivity contribution in [3.8, 4) is 0 Å². The van der Waals surface area contributed by atoms with Crippen molar-refractivity contribution in [1.82, 2.24) is 0 Å². The Labute approximate surface area is 197 Å². The fourth-order valence-electron chi connectivity index (χ4n) is 5.12. The van der Waals surface area contributed by atoms with Crippen LogP contribution < -0.4 is 4.90 Å². The predicted molar refractivity (Wildman–Crippen MR) is 129 cm³/mol. The lowest BCUT2D eigenvalue weighted by Crippen LogP contribution is -2.55. The Morgan fingerprint density at radius 3 is 2.00 bits per heavy atom. The van der Waals surface area contributed by atoms with Crippen molar-refractivity contribution in [3.63, 3.8) is 0 Å². The van der Waals surface area contributed by atoms with Gasteiger partial charge in [-0.25, -0.2) is 0 Å². The van der Waals surface area contributed by atoms with E-state index >= 15 is 0 Å². The highest BCUT2D eigenvalue weighted by Crippen LogP contribution is 2.50. The van der Waals surface area contributed by atoms with Gasteiger partial charge in [0.15, 0.2) is 0 Å². The second kappa shape index (κ2) is 8.06. The second-order valence-electron chi connectivity index (χ2n) is 9.60. The first-order valence-corrected chi connectivity index (χ1v) is 10.9. The topological polar surface area (TPSA) is 107 Å².